The van der Waals surface area contributed by atoms with Gasteiger partial charge in [-0.3, -0.25) is 9.59 Å². The minimum Gasteiger partial charge on any atom is -0.352 e. The number of carbonyl (C=O) groups excluding carboxylic acids is 2. The zero-order valence-electron chi connectivity index (χ0n) is 16.0. The van der Waals surface area contributed by atoms with E-state index in [9.17, 15) is 9.59 Å². The summed E-state index contributed by atoms with van der Waals surface area (Å²) in [7, 11) is 0. The van der Waals surface area contributed by atoms with Crippen LogP contribution in [0.25, 0.3) is 10.2 Å². The van der Waals surface area contributed by atoms with Crippen LogP contribution in [-0.2, 0) is 11.3 Å². The Morgan fingerprint density at radius 2 is 1.97 bits per heavy atom. The van der Waals surface area contributed by atoms with Crippen LogP contribution in [0.2, 0.25) is 0 Å². The molecule has 0 radical (unpaired) electrons. The molecule has 2 amide bonds. The lowest BCUT2D eigenvalue weighted by Crippen LogP contribution is -2.41. The lowest BCUT2D eigenvalue weighted by molar-refractivity contribution is -0.122. The van der Waals surface area contributed by atoms with Gasteiger partial charge in [0.25, 0.3) is 5.91 Å². The average Bonchev–Trinajstić information content (AvgIpc) is 3.44. The summed E-state index contributed by atoms with van der Waals surface area (Å²) in [5.74, 6) is -0.385. The van der Waals surface area contributed by atoms with Crippen molar-refractivity contribution >= 4 is 39.1 Å². The monoisotopic (exact) mass is 406 g/mol. The third-order valence-electron chi connectivity index (χ3n) is 5.65. The molecular formula is C22H22N4O2S. The number of carbonyl (C=O) groups is 2. The van der Waals surface area contributed by atoms with Gasteiger partial charge in [-0.1, -0.05) is 43.2 Å². The molecule has 7 heteroatoms. The molecule has 29 heavy (non-hydrogen) atoms. The maximum atomic E-state index is 13.3. The van der Waals surface area contributed by atoms with Crippen LogP contribution in [0.1, 0.15) is 41.7 Å². The van der Waals surface area contributed by atoms with Gasteiger partial charge in [-0.15, -0.1) is 11.3 Å². The molecule has 6 nitrogen and oxygen atoms in total. The van der Waals surface area contributed by atoms with Crippen molar-refractivity contribution in [2.75, 3.05) is 6.54 Å². The number of nitrogens with zero attached hydrogens (tertiary/aromatic N) is 3. The molecule has 5 rings (SSSR count). The van der Waals surface area contributed by atoms with E-state index in [-0.39, 0.29) is 24.4 Å². The SMILES string of the molecule is O=C(CN1N=C(c2ccccc2)Cn2c(cc3sccc32)C1=O)NC1CCCC1. The molecule has 148 valence electrons. The molecule has 3 aromatic rings. The topological polar surface area (TPSA) is 66.7 Å². The van der Waals surface area contributed by atoms with Gasteiger partial charge in [0.1, 0.15) is 12.2 Å². The Morgan fingerprint density at radius 1 is 1.17 bits per heavy atom. The molecular weight excluding hydrogens is 384 g/mol. The van der Waals surface area contributed by atoms with Crippen LogP contribution in [0.5, 0.6) is 0 Å². The molecule has 1 aliphatic heterocycles. The van der Waals surface area contributed by atoms with Gasteiger partial charge in [0, 0.05) is 6.04 Å². The molecule has 1 N–H and O–H groups in total. The van der Waals surface area contributed by atoms with E-state index >= 15 is 0 Å². The zero-order valence-corrected chi connectivity index (χ0v) is 16.8. The number of aromatic nitrogens is 1. The summed E-state index contributed by atoms with van der Waals surface area (Å²) in [5, 5.41) is 11.1. The normalized spacial score (nSPS) is 17.3. The van der Waals surface area contributed by atoms with E-state index in [4.69, 9.17) is 0 Å². The van der Waals surface area contributed by atoms with E-state index in [1.54, 1.807) is 11.3 Å². The highest BCUT2D eigenvalue weighted by atomic mass is 32.1. The second-order valence-electron chi connectivity index (χ2n) is 7.61. The van der Waals surface area contributed by atoms with Gasteiger partial charge in [0.05, 0.1) is 22.5 Å². The highest BCUT2D eigenvalue weighted by molar-refractivity contribution is 7.17. The molecule has 0 saturated heterocycles. The van der Waals surface area contributed by atoms with E-state index in [1.807, 2.05) is 52.4 Å². The van der Waals surface area contributed by atoms with E-state index < -0.39 is 0 Å². The van der Waals surface area contributed by atoms with E-state index in [0.29, 0.717) is 12.2 Å². The van der Waals surface area contributed by atoms with Crippen molar-refractivity contribution in [2.24, 2.45) is 5.10 Å². The molecule has 0 spiro atoms. The molecule has 2 aromatic heterocycles. The fourth-order valence-corrected chi connectivity index (χ4v) is 5.02. The lowest BCUT2D eigenvalue weighted by atomic mass is 10.1. The van der Waals surface area contributed by atoms with Crippen LogP contribution in [-0.4, -0.2) is 39.7 Å². The second-order valence-corrected chi connectivity index (χ2v) is 8.56. The Labute approximate surface area is 172 Å². The Hall–Kier alpha value is -2.93. The Kier molecular flexibility index (Phi) is 4.67. The summed E-state index contributed by atoms with van der Waals surface area (Å²) >= 11 is 1.61. The Morgan fingerprint density at radius 3 is 2.76 bits per heavy atom. The van der Waals surface area contributed by atoms with Gasteiger partial charge in [0.2, 0.25) is 5.91 Å². The molecule has 2 aliphatic rings. The fraction of sp³-hybridized carbons (Fsp3) is 0.318. The van der Waals surface area contributed by atoms with Crippen LogP contribution < -0.4 is 5.32 Å². The van der Waals surface area contributed by atoms with E-state index in [0.717, 1.165) is 47.2 Å². The first-order valence-corrected chi connectivity index (χ1v) is 10.9. The first kappa shape index (κ1) is 18.1. The number of hydrogen-bond donors (Lipinski definition) is 1. The first-order valence-electron chi connectivity index (χ1n) is 10.00. The predicted molar refractivity (Wildman–Crippen MR) is 114 cm³/mol. The predicted octanol–water partition coefficient (Wildman–Crippen LogP) is 3.62. The third-order valence-corrected chi connectivity index (χ3v) is 6.50. The molecule has 0 bridgehead atoms. The molecule has 0 atom stereocenters. The molecule has 1 aromatic carbocycles. The number of hydrazone groups is 1. The highest BCUT2D eigenvalue weighted by Gasteiger charge is 2.29. The number of hydrogen-bond acceptors (Lipinski definition) is 4. The van der Waals surface area contributed by atoms with Gasteiger partial charge >= 0.3 is 0 Å². The summed E-state index contributed by atoms with van der Waals surface area (Å²) in [6.45, 7) is 0.427. The maximum absolute atomic E-state index is 13.3. The van der Waals surface area contributed by atoms with Crippen LogP contribution >= 0.6 is 11.3 Å². The van der Waals surface area contributed by atoms with Crippen LogP contribution in [0, 0.1) is 0 Å². The smallest absolute Gasteiger partial charge is 0.291 e. The van der Waals surface area contributed by atoms with Crippen molar-refractivity contribution in [1.29, 1.82) is 0 Å². The number of nitrogens with one attached hydrogen (secondary N) is 1. The summed E-state index contributed by atoms with van der Waals surface area (Å²) in [6, 6.07) is 14.0. The summed E-state index contributed by atoms with van der Waals surface area (Å²) < 4.78 is 3.08. The minimum atomic E-state index is -0.235. The maximum Gasteiger partial charge on any atom is 0.291 e. The van der Waals surface area contributed by atoms with Crippen molar-refractivity contribution < 1.29 is 9.59 Å². The number of benzene rings is 1. The van der Waals surface area contributed by atoms with Gasteiger partial charge in [-0.25, -0.2) is 5.01 Å². The van der Waals surface area contributed by atoms with Gasteiger partial charge in [-0.2, -0.15) is 5.10 Å². The van der Waals surface area contributed by atoms with Crippen molar-refractivity contribution in [2.45, 2.75) is 38.3 Å². The molecule has 1 saturated carbocycles. The van der Waals surface area contributed by atoms with Crippen LogP contribution in [0.15, 0.2) is 52.9 Å². The number of rotatable bonds is 4. The Balaban J connectivity index is 1.50. The lowest BCUT2D eigenvalue weighted by Gasteiger charge is -2.18. The van der Waals surface area contributed by atoms with Gasteiger partial charge in [-0.05, 0) is 35.9 Å². The first-order chi connectivity index (χ1) is 14.2. The van der Waals surface area contributed by atoms with Gasteiger partial charge in [0.15, 0.2) is 0 Å². The number of thiophene rings is 1. The average molecular weight is 407 g/mol. The fourth-order valence-electron chi connectivity index (χ4n) is 4.20. The largest absolute Gasteiger partial charge is 0.352 e. The van der Waals surface area contributed by atoms with Crippen molar-refractivity contribution in [1.82, 2.24) is 14.9 Å². The van der Waals surface area contributed by atoms with Gasteiger partial charge < -0.3 is 9.88 Å². The summed E-state index contributed by atoms with van der Waals surface area (Å²) in [5.41, 5.74) is 3.33. The second kappa shape index (κ2) is 7.48. The highest BCUT2D eigenvalue weighted by Crippen LogP contribution is 2.28. The van der Waals surface area contributed by atoms with E-state index in [1.165, 1.54) is 5.01 Å². The minimum absolute atomic E-state index is 0.0650. The summed E-state index contributed by atoms with van der Waals surface area (Å²) in [6.07, 6.45) is 4.32. The molecule has 1 fully saturated rings. The third kappa shape index (κ3) is 3.46. The van der Waals surface area contributed by atoms with Crippen molar-refractivity contribution in [3.8, 4) is 0 Å². The zero-order chi connectivity index (χ0) is 19.8. The van der Waals surface area contributed by atoms with Crippen LogP contribution in [0.4, 0.5) is 0 Å². The Bertz CT molecular complexity index is 1090. The van der Waals surface area contributed by atoms with Crippen molar-refractivity contribution in [3.05, 3.63) is 59.1 Å². The standard InChI is InChI=1S/C22H22N4O2S/c27-21(23-16-8-4-5-9-16)14-26-22(28)19-12-20-18(10-11-29-20)25(19)13-17(24-26)15-6-2-1-3-7-15/h1-3,6-7,10-12,16H,4-5,8-9,13-14H2,(H,23,27). The quantitative estimate of drug-likeness (QED) is 0.719. The number of amides is 2. The molecule has 0 unspecified atom stereocenters. The molecule has 1 aliphatic carbocycles. The van der Waals surface area contributed by atoms with Crippen LogP contribution in [0.3, 0.4) is 0 Å². The van der Waals surface area contributed by atoms with Crippen molar-refractivity contribution in [3.63, 3.8) is 0 Å². The molecule has 3 heterocycles. The number of fused-ring (bicyclic) bond motifs is 3. The van der Waals surface area contributed by atoms with E-state index in [2.05, 4.69) is 10.4 Å². The summed E-state index contributed by atoms with van der Waals surface area (Å²) in [4.78, 5) is 25.9.